The van der Waals surface area contributed by atoms with Crippen molar-refractivity contribution < 1.29 is 39.2 Å². The predicted octanol–water partition coefficient (Wildman–Crippen LogP) is 4.81. The summed E-state index contributed by atoms with van der Waals surface area (Å²) in [5, 5.41) is 3.49. The molecule has 3 heterocycles. The van der Waals surface area contributed by atoms with Gasteiger partial charge in [0.25, 0.3) is 5.56 Å². The number of pyridine rings is 2. The fourth-order valence-corrected chi connectivity index (χ4v) is 4.44. The van der Waals surface area contributed by atoms with E-state index in [1.54, 1.807) is 0 Å². The first-order valence-electron chi connectivity index (χ1n) is 10.2. The zero-order valence-corrected chi connectivity index (χ0v) is 19.2. The first-order valence-corrected chi connectivity index (χ1v) is 11.8. The van der Waals surface area contributed by atoms with E-state index in [1.165, 1.54) is 6.92 Å². The van der Waals surface area contributed by atoms with Gasteiger partial charge in [-0.25, -0.2) is 22.8 Å². The second-order valence-corrected chi connectivity index (χ2v) is 9.91. The average molecular weight is 546 g/mol. The van der Waals surface area contributed by atoms with Crippen LogP contribution in [0.15, 0.2) is 58.6 Å². The fourth-order valence-electron chi connectivity index (χ4n) is 3.40. The molecule has 0 saturated carbocycles. The van der Waals surface area contributed by atoms with Crippen LogP contribution in [-0.2, 0) is 22.2 Å². The lowest BCUT2D eigenvalue weighted by atomic mass is 10.0. The fraction of sp³-hybridized carbons (Fsp3) is 0.182. The van der Waals surface area contributed by atoms with Gasteiger partial charge in [-0.1, -0.05) is 13.0 Å². The molecule has 0 bridgehead atoms. The number of rotatable bonds is 4. The van der Waals surface area contributed by atoms with Gasteiger partial charge in [0.1, 0.15) is 16.2 Å². The van der Waals surface area contributed by atoms with Crippen LogP contribution in [-0.4, -0.2) is 33.9 Å². The number of sulfone groups is 1. The van der Waals surface area contributed by atoms with E-state index >= 15 is 0 Å². The van der Waals surface area contributed by atoms with Gasteiger partial charge in [-0.05, 0) is 29.8 Å². The van der Waals surface area contributed by atoms with Crippen molar-refractivity contribution in [1.82, 2.24) is 19.7 Å². The lowest BCUT2D eigenvalue weighted by Gasteiger charge is -2.13. The molecular weight excluding hydrogens is 533 g/mol. The maximum atomic E-state index is 14.1. The van der Waals surface area contributed by atoms with Gasteiger partial charge in [0, 0.05) is 23.3 Å². The second-order valence-electron chi connectivity index (χ2n) is 7.66. The summed E-state index contributed by atoms with van der Waals surface area (Å²) in [6.45, 7) is 1.28. The van der Waals surface area contributed by atoms with Crippen molar-refractivity contribution in [3.8, 4) is 16.9 Å². The number of hydrogen-bond acceptors (Lipinski definition) is 6. The summed E-state index contributed by atoms with van der Waals surface area (Å²) in [6.07, 6.45) is -7.37. The highest BCUT2D eigenvalue weighted by atomic mass is 32.2. The average Bonchev–Trinajstić information content (AvgIpc) is 2.82. The largest absolute Gasteiger partial charge is 0.419 e. The lowest BCUT2D eigenvalue weighted by Crippen LogP contribution is -2.25. The molecule has 3 aromatic heterocycles. The molecule has 4 rings (SSSR count). The minimum absolute atomic E-state index is 0.0785. The quantitative estimate of drug-likeness (QED) is 0.341. The van der Waals surface area contributed by atoms with Crippen LogP contribution in [0.1, 0.15) is 18.1 Å². The Kier molecular flexibility index (Phi) is 6.30. The van der Waals surface area contributed by atoms with Crippen molar-refractivity contribution >= 4 is 20.7 Å². The molecule has 0 amide bonds. The zero-order chi connectivity index (χ0) is 27.3. The number of aromatic nitrogens is 4. The molecule has 0 radical (unpaired) electrons. The van der Waals surface area contributed by atoms with Crippen LogP contribution >= 0.6 is 0 Å². The molecule has 0 N–H and O–H groups in total. The minimum atomic E-state index is -4.95. The second kappa shape index (κ2) is 8.90. The molecule has 0 saturated heterocycles. The van der Waals surface area contributed by atoms with Crippen LogP contribution in [0, 0.1) is 5.82 Å². The van der Waals surface area contributed by atoms with Gasteiger partial charge in [0.15, 0.2) is 15.7 Å². The van der Waals surface area contributed by atoms with Crippen molar-refractivity contribution in [3.05, 3.63) is 76.2 Å². The van der Waals surface area contributed by atoms with E-state index in [-0.39, 0.29) is 16.5 Å². The smallest absolute Gasteiger partial charge is 0.265 e. The van der Waals surface area contributed by atoms with Gasteiger partial charge in [-0.15, -0.1) is 0 Å². The predicted molar refractivity (Wildman–Crippen MR) is 116 cm³/mol. The summed E-state index contributed by atoms with van der Waals surface area (Å²) in [5.74, 6) is -2.60. The molecule has 1 aromatic carbocycles. The van der Waals surface area contributed by atoms with Gasteiger partial charge >= 0.3 is 12.4 Å². The highest BCUT2D eigenvalue weighted by molar-refractivity contribution is 7.91. The maximum Gasteiger partial charge on any atom is 0.419 e. The van der Waals surface area contributed by atoms with Crippen molar-refractivity contribution in [3.63, 3.8) is 0 Å². The molecule has 0 aliphatic rings. The first-order chi connectivity index (χ1) is 17.1. The number of halogens is 7. The maximum absolute atomic E-state index is 14.1. The Labute approximate surface area is 203 Å². The summed E-state index contributed by atoms with van der Waals surface area (Å²) in [4.78, 5) is 19.9. The standard InChI is InChI=1S/C22H13F7N4O3S/c1-2-37(35,36)17-7-12(11-3-4-15(16(23)6-11)22(27,28)29)8-31-19(17)33-20(34)18-13(9-32-33)5-14(10-30-18)21(24,25)26/h3-10H,2H2,1H3. The molecule has 0 atom stereocenters. The van der Waals surface area contributed by atoms with Crippen molar-refractivity contribution in [2.75, 3.05) is 5.75 Å². The Morgan fingerprint density at radius 1 is 0.892 bits per heavy atom. The highest BCUT2D eigenvalue weighted by Gasteiger charge is 2.34. The molecule has 0 fully saturated rings. The third-order valence-electron chi connectivity index (χ3n) is 5.31. The number of benzene rings is 1. The molecule has 0 aliphatic heterocycles. The van der Waals surface area contributed by atoms with Gasteiger partial charge in [0.05, 0.1) is 23.1 Å². The van der Waals surface area contributed by atoms with Gasteiger partial charge in [-0.2, -0.15) is 36.1 Å². The summed E-state index contributed by atoms with van der Waals surface area (Å²) in [7, 11) is -4.15. The van der Waals surface area contributed by atoms with Crippen LogP contribution in [0.3, 0.4) is 0 Å². The van der Waals surface area contributed by atoms with Crippen molar-refractivity contribution in [2.45, 2.75) is 24.2 Å². The molecular formula is C22H13F7N4O3S. The van der Waals surface area contributed by atoms with E-state index in [0.29, 0.717) is 29.1 Å². The number of alkyl halides is 6. The van der Waals surface area contributed by atoms with E-state index in [9.17, 15) is 43.9 Å². The number of fused-ring (bicyclic) bond motifs is 1. The van der Waals surface area contributed by atoms with E-state index < -0.39 is 66.7 Å². The Bertz CT molecular complexity index is 1700. The van der Waals surface area contributed by atoms with Crippen LogP contribution < -0.4 is 5.56 Å². The van der Waals surface area contributed by atoms with E-state index in [0.717, 1.165) is 24.5 Å². The Morgan fingerprint density at radius 2 is 1.59 bits per heavy atom. The van der Waals surface area contributed by atoms with Crippen LogP contribution in [0.4, 0.5) is 30.7 Å². The topological polar surface area (TPSA) is 94.8 Å². The zero-order valence-electron chi connectivity index (χ0n) is 18.4. The summed E-state index contributed by atoms with van der Waals surface area (Å²) >= 11 is 0. The van der Waals surface area contributed by atoms with Gasteiger partial charge < -0.3 is 0 Å². The molecule has 15 heteroatoms. The molecule has 4 aromatic rings. The van der Waals surface area contributed by atoms with E-state index in [4.69, 9.17) is 0 Å². The van der Waals surface area contributed by atoms with Crippen molar-refractivity contribution in [2.24, 2.45) is 0 Å². The Morgan fingerprint density at radius 3 is 2.19 bits per heavy atom. The number of nitrogens with zero attached hydrogens (tertiary/aromatic N) is 4. The summed E-state index contributed by atoms with van der Waals surface area (Å²) in [6, 6.07) is 3.61. The molecule has 0 spiro atoms. The minimum Gasteiger partial charge on any atom is -0.265 e. The molecule has 37 heavy (non-hydrogen) atoms. The van der Waals surface area contributed by atoms with Crippen LogP contribution in [0.5, 0.6) is 0 Å². The summed E-state index contributed by atoms with van der Waals surface area (Å²) < 4.78 is 118. The normalized spacial score (nSPS) is 12.8. The Balaban J connectivity index is 1.90. The summed E-state index contributed by atoms with van der Waals surface area (Å²) in [5.41, 5.74) is -4.37. The van der Waals surface area contributed by atoms with E-state index in [2.05, 4.69) is 15.1 Å². The molecule has 0 aliphatic carbocycles. The van der Waals surface area contributed by atoms with Crippen molar-refractivity contribution in [1.29, 1.82) is 0 Å². The highest BCUT2D eigenvalue weighted by Crippen LogP contribution is 2.34. The number of hydrogen-bond donors (Lipinski definition) is 0. The van der Waals surface area contributed by atoms with Gasteiger partial charge in [0.2, 0.25) is 0 Å². The monoisotopic (exact) mass is 546 g/mol. The third kappa shape index (κ3) is 4.90. The molecule has 194 valence electrons. The SMILES string of the molecule is CCS(=O)(=O)c1cc(-c2ccc(C(F)(F)F)c(F)c2)cnc1-n1ncc2cc(C(F)(F)F)cnc2c1=O. The third-order valence-corrected chi connectivity index (χ3v) is 7.04. The Hall–Kier alpha value is -3.88. The first kappa shape index (κ1) is 26.2. The van der Waals surface area contributed by atoms with Gasteiger partial charge in [-0.3, -0.25) is 4.79 Å². The molecule has 0 unspecified atom stereocenters. The van der Waals surface area contributed by atoms with E-state index in [1.807, 2.05) is 0 Å². The molecule has 7 nitrogen and oxygen atoms in total. The lowest BCUT2D eigenvalue weighted by molar-refractivity contribution is -0.140. The van der Waals surface area contributed by atoms with Crippen LogP contribution in [0.25, 0.3) is 27.8 Å². The van der Waals surface area contributed by atoms with Crippen LogP contribution in [0.2, 0.25) is 0 Å².